The number of benzene rings is 1. The minimum Gasteiger partial charge on any atom is -0.497 e. The van der Waals surface area contributed by atoms with Gasteiger partial charge in [-0.1, -0.05) is 19.1 Å². The molecule has 1 aliphatic rings. The molecular formula is C19H29IN6O. The highest BCUT2D eigenvalue weighted by molar-refractivity contribution is 14.0. The van der Waals surface area contributed by atoms with Crippen molar-refractivity contribution < 1.29 is 4.74 Å². The third kappa shape index (κ3) is 5.57. The van der Waals surface area contributed by atoms with E-state index in [9.17, 15) is 0 Å². The summed E-state index contributed by atoms with van der Waals surface area (Å²) in [5, 5.41) is 15.2. The number of nitrogens with zero attached hydrogens (tertiary/aromatic N) is 4. The molecule has 8 heteroatoms. The first kappa shape index (κ1) is 21.5. The number of hydrogen-bond acceptors (Lipinski definition) is 4. The molecule has 0 fully saturated rings. The molecule has 1 aromatic heterocycles. The molecule has 0 aliphatic carbocycles. The average Bonchev–Trinajstić information content (AvgIpc) is 3.28. The van der Waals surface area contributed by atoms with Gasteiger partial charge >= 0.3 is 0 Å². The number of fused-ring (bicyclic) bond motifs is 1. The van der Waals surface area contributed by atoms with Gasteiger partial charge in [0, 0.05) is 26.6 Å². The van der Waals surface area contributed by atoms with Crippen LogP contribution in [0.4, 0.5) is 0 Å². The van der Waals surface area contributed by atoms with E-state index in [0.717, 1.165) is 55.7 Å². The van der Waals surface area contributed by atoms with Crippen LogP contribution in [0.1, 0.15) is 42.9 Å². The molecule has 1 atom stereocenters. The van der Waals surface area contributed by atoms with E-state index in [1.807, 2.05) is 12.1 Å². The SMILES string of the molecule is CN=C(NCCC(C)c1ccc(OC)cc1)NCc1nnc2n1CCC2.I. The molecule has 0 saturated carbocycles. The lowest BCUT2D eigenvalue weighted by Crippen LogP contribution is -2.38. The number of guanidine groups is 1. The van der Waals surface area contributed by atoms with Crippen molar-refractivity contribution in [3.8, 4) is 5.75 Å². The molecule has 2 N–H and O–H groups in total. The van der Waals surface area contributed by atoms with Crippen LogP contribution >= 0.6 is 24.0 Å². The van der Waals surface area contributed by atoms with Crippen molar-refractivity contribution in [3.63, 3.8) is 0 Å². The molecule has 1 aliphatic heterocycles. The van der Waals surface area contributed by atoms with Gasteiger partial charge in [-0.3, -0.25) is 4.99 Å². The summed E-state index contributed by atoms with van der Waals surface area (Å²) in [4.78, 5) is 4.29. The Bertz CT molecular complexity index is 743. The Morgan fingerprint density at radius 2 is 2.04 bits per heavy atom. The average molecular weight is 484 g/mol. The number of aliphatic imine (C=N–C) groups is 1. The number of nitrogens with one attached hydrogen (secondary N) is 2. The standard InChI is InChI=1S/C19H28N6O.HI/c1-14(15-6-8-16(26-3)9-7-15)10-11-21-19(20-2)22-13-18-24-23-17-5-4-12-25(17)18;/h6-9,14H,4-5,10-13H2,1-3H3,(H2,20,21,22);1H. The summed E-state index contributed by atoms with van der Waals surface area (Å²) in [5.41, 5.74) is 1.31. The van der Waals surface area contributed by atoms with Gasteiger partial charge < -0.3 is 19.9 Å². The molecule has 27 heavy (non-hydrogen) atoms. The van der Waals surface area contributed by atoms with Crippen molar-refractivity contribution in [2.24, 2.45) is 4.99 Å². The van der Waals surface area contributed by atoms with Crippen molar-refractivity contribution in [1.29, 1.82) is 0 Å². The molecule has 0 radical (unpaired) electrons. The van der Waals surface area contributed by atoms with Gasteiger partial charge in [0.2, 0.25) is 0 Å². The Kier molecular flexibility index (Phi) is 8.33. The summed E-state index contributed by atoms with van der Waals surface area (Å²) in [5.74, 6) is 4.22. The molecule has 3 rings (SSSR count). The maximum Gasteiger partial charge on any atom is 0.191 e. The van der Waals surface area contributed by atoms with Gasteiger partial charge in [0.15, 0.2) is 11.8 Å². The monoisotopic (exact) mass is 484 g/mol. The summed E-state index contributed by atoms with van der Waals surface area (Å²) < 4.78 is 7.41. The zero-order chi connectivity index (χ0) is 18.4. The first-order valence-electron chi connectivity index (χ1n) is 9.20. The second-order valence-electron chi connectivity index (χ2n) is 6.60. The second-order valence-corrected chi connectivity index (χ2v) is 6.60. The van der Waals surface area contributed by atoms with E-state index >= 15 is 0 Å². The van der Waals surface area contributed by atoms with Crippen molar-refractivity contribution in [1.82, 2.24) is 25.4 Å². The lowest BCUT2D eigenvalue weighted by Gasteiger charge is -2.15. The van der Waals surface area contributed by atoms with E-state index in [1.54, 1.807) is 14.2 Å². The van der Waals surface area contributed by atoms with Crippen molar-refractivity contribution in [3.05, 3.63) is 41.5 Å². The largest absolute Gasteiger partial charge is 0.497 e. The number of methoxy groups -OCH3 is 1. The van der Waals surface area contributed by atoms with Crippen molar-refractivity contribution in [2.75, 3.05) is 20.7 Å². The highest BCUT2D eigenvalue weighted by atomic mass is 127. The van der Waals surface area contributed by atoms with Gasteiger partial charge in [0.1, 0.15) is 11.6 Å². The fraction of sp³-hybridized carbons (Fsp3) is 0.526. The predicted octanol–water partition coefficient (Wildman–Crippen LogP) is 2.71. The Labute approximate surface area is 178 Å². The van der Waals surface area contributed by atoms with Crippen LogP contribution in [0.25, 0.3) is 0 Å². The third-order valence-corrected chi connectivity index (χ3v) is 4.88. The minimum atomic E-state index is 0. The molecule has 1 unspecified atom stereocenters. The van der Waals surface area contributed by atoms with Crippen LogP contribution < -0.4 is 15.4 Å². The first-order chi connectivity index (χ1) is 12.7. The highest BCUT2D eigenvalue weighted by Crippen LogP contribution is 2.21. The number of aryl methyl sites for hydroxylation is 1. The van der Waals surface area contributed by atoms with Crippen molar-refractivity contribution >= 4 is 29.9 Å². The lowest BCUT2D eigenvalue weighted by molar-refractivity contribution is 0.414. The van der Waals surface area contributed by atoms with Crippen LogP contribution in [0.15, 0.2) is 29.3 Å². The maximum atomic E-state index is 5.21. The van der Waals surface area contributed by atoms with Gasteiger partial charge in [-0.05, 0) is 36.5 Å². The molecule has 0 bridgehead atoms. The molecule has 0 amide bonds. The Morgan fingerprint density at radius 3 is 2.74 bits per heavy atom. The van der Waals surface area contributed by atoms with E-state index in [0.29, 0.717) is 12.5 Å². The summed E-state index contributed by atoms with van der Waals surface area (Å²) in [6.07, 6.45) is 3.21. The van der Waals surface area contributed by atoms with Crippen LogP contribution in [0.2, 0.25) is 0 Å². The second kappa shape index (κ2) is 10.5. The topological polar surface area (TPSA) is 76.4 Å². The van der Waals surface area contributed by atoms with Crippen LogP contribution in [-0.4, -0.2) is 41.4 Å². The quantitative estimate of drug-likeness (QED) is 0.359. The van der Waals surface area contributed by atoms with Crippen LogP contribution in [-0.2, 0) is 19.5 Å². The van der Waals surface area contributed by atoms with Crippen molar-refractivity contribution in [2.45, 2.75) is 45.2 Å². The van der Waals surface area contributed by atoms with Gasteiger partial charge in [-0.2, -0.15) is 0 Å². The smallest absolute Gasteiger partial charge is 0.191 e. The first-order valence-corrected chi connectivity index (χ1v) is 9.20. The Morgan fingerprint density at radius 1 is 1.26 bits per heavy atom. The van der Waals surface area contributed by atoms with E-state index < -0.39 is 0 Å². The predicted molar refractivity (Wildman–Crippen MR) is 118 cm³/mol. The van der Waals surface area contributed by atoms with Crippen LogP contribution in [0.3, 0.4) is 0 Å². The summed E-state index contributed by atoms with van der Waals surface area (Å²) in [6.45, 7) is 4.75. The number of hydrogen-bond donors (Lipinski definition) is 2. The van der Waals surface area contributed by atoms with Gasteiger partial charge in [0.05, 0.1) is 13.7 Å². The number of aromatic nitrogens is 3. The minimum absolute atomic E-state index is 0. The Balaban J connectivity index is 0.00000261. The number of rotatable bonds is 7. The maximum absolute atomic E-state index is 5.21. The highest BCUT2D eigenvalue weighted by Gasteiger charge is 2.17. The van der Waals surface area contributed by atoms with Gasteiger partial charge in [-0.25, -0.2) is 0 Å². The molecular weight excluding hydrogens is 455 g/mol. The fourth-order valence-electron chi connectivity index (χ4n) is 3.23. The molecule has 1 aromatic carbocycles. The van der Waals surface area contributed by atoms with Crippen LogP contribution in [0.5, 0.6) is 5.75 Å². The van der Waals surface area contributed by atoms with E-state index in [1.165, 1.54) is 5.56 Å². The molecule has 0 saturated heterocycles. The van der Waals surface area contributed by atoms with Gasteiger partial charge in [0.25, 0.3) is 0 Å². The number of ether oxygens (including phenoxy) is 1. The molecule has 2 heterocycles. The Hall–Kier alpha value is -1.84. The van der Waals surface area contributed by atoms with Crippen LogP contribution in [0, 0.1) is 0 Å². The van der Waals surface area contributed by atoms with E-state index in [-0.39, 0.29) is 24.0 Å². The van der Waals surface area contributed by atoms with Gasteiger partial charge in [-0.15, -0.1) is 34.2 Å². The lowest BCUT2D eigenvalue weighted by atomic mass is 9.98. The third-order valence-electron chi connectivity index (χ3n) is 4.88. The summed E-state index contributed by atoms with van der Waals surface area (Å²) in [7, 11) is 3.48. The molecule has 0 spiro atoms. The van der Waals surface area contributed by atoms with E-state index in [4.69, 9.17) is 4.74 Å². The summed E-state index contributed by atoms with van der Waals surface area (Å²) in [6, 6.07) is 8.28. The zero-order valence-corrected chi connectivity index (χ0v) is 18.6. The molecule has 2 aromatic rings. The normalized spacial score (nSPS) is 14.3. The molecule has 148 valence electrons. The van der Waals surface area contributed by atoms with E-state index in [2.05, 4.69) is 49.4 Å². The fourth-order valence-corrected chi connectivity index (χ4v) is 3.23. The zero-order valence-electron chi connectivity index (χ0n) is 16.2. The number of halogens is 1. The molecule has 7 nitrogen and oxygen atoms in total. The summed E-state index contributed by atoms with van der Waals surface area (Å²) >= 11 is 0.